The van der Waals surface area contributed by atoms with E-state index in [1.807, 2.05) is 0 Å². The number of anilines is 1. The Morgan fingerprint density at radius 1 is 1.18 bits per heavy atom. The molecular weight excluding hydrogens is 364 g/mol. The Bertz CT molecular complexity index is 887. The highest BCUT2D eigenvalue weighted by Gasteiger charge is 2.25. The number of nitrogens with one attached hydrogen (secondary N) is 1. The molecule has 3 rings (SSSR count). The number of piperidine rings is 1. The lowest BCUT2D eigenvalue weighted by molar-refractivity contribution is 0.114. The van der Waals surface area contributed by atoms with Crippen molar-refractivity contribution in [1.29, 1.82) is 0 Å². The van der Waals surface area contributed by atoms with Gasteiger partial charge in [0, 0.05) is 32.0 Å². The highest BCUT2D eigenvalue weighted by Crippen LogP contribution is 2.35. The minimum atomic E-state index is -0.431. The maximum atomic E-state index is 12.6. The molecule has 0 radical (unpaired) electrons. The number of methoxy groups -OCH3 is 2. The minimum absolute atomic E-state index is 0.0587. The Hall–Kier alpha value is -3.16. The van der Waals surface area contributed by atoms with Crippen molar-refractivity contribution in [1.82, 2.24) is 4.90 Å². The van der Waals surface area contributed by atoms with E-state index < -0.39 is 5.63 Å². The molecule has 1 aromatic heterocycles. The number of carbonyl (C=O) groups is 1. The molecule has 1 fully saturated rings. The summed E-state index contributed by atoms with van der Waals surface area (Å²) in [6.07, 6.45) is 1.28. The van der Waals surface area contributed by atoms with Gasteiger partial charge in [0.15, 0.2) is 11.5 Å². The zero-order chi connectivity index (χ0) is 20.1. The second-order valence-corrected chi connectivity index (χ2v) is 6.50. The summed E-state index contributed by atoms with van der Waals surface area (Å²) < 4.78 is 21.4. The number of likely N-dealkylation sites (tertiary alicyclic amines) is 1. The van der Waals surface area contributed by atoms with E-state index in [-0.39, 0.29) is 12.1 Å². The van der Waals surface area contributed by atoms with Crippen LogP contribution in [0.1, 0.15) is 18.6 Å². The van der Waals surface area contributed by atoms with Crippen LogP contribution in [0.4, 0.5) is 10.5 Å². The molecule has 1 aliphatic rings. The Morgan fingerprint density at radius 2 is 1.93 bits per heavy atom. The molecule has 8 nitrogen and oxygen atoms in total. The molecule has 2 heterocycles. The molecule has 0 saturated carbocycles. The first-order chi connectivity index (χ1) is 13.5. The second kappa shape index (κ2) is 8.69. The first-order valence-corrected chi connectivity index (χ1v) is 9.05. The van der Waals surface area contributed by atoms with Crippen molar-refractivity contribution in [3.63, 3.8) is 0 Å². The second-order valence-electron chi connectivity index (χ2n) is 6.50. The Labute approximate surface area is 163 Å². The lowest BCUT2D eigenvalue weighted by Crippen LogP contribution is -2.43. The summed E-state index contributed by atoms with van der Waals surface area (Å²) >= 11 is 0. The van der Waals surface area contributed by atoms with Crippen LogP contribution in [-0.2, 0) is 0 Å². The molecule has 0 unspecified atom stereocenters. The molecule has 1 aromatic carbocycles. The molecule has 0 aliphatic carbocycles. The number of carbonyl (C=O) groups excluding carboxylic acids is 1. The van der Waals surface area contributed by atoms with Gasteiger partial charge in [-0.1, -0.05) is 6.07 Å². The predicted molar refractivity (Wildman–Crippen MR) is 104 cm³/mol. The van der Waals surface area contributed by atoms with Gasteiger partial charge in [-0.25, -0.2) is 9.59 Å². The van der Waals surface area contributed by atoms with Crippen LogP contribution in [0.2, 0.25) is 0 Å². The number of hydrogen-bond donors (Lipinski definition) is 1. The first-order valence-electron chi connectivity index (χ1n) is 9.05. The Kier molecular flexibility index (Phi) is 6.08. The topological polar surface area (TPSA) is 90.2 Å². The van der Waals surface area contributed by atoms with Crippen LogP contribution < -0.4 is 25.2 Å². The monoisotopic (exact) mass is 388 g/mol. The summed E-state index contributed by atoms with van der Waals surface area (Å²) in [7, 11) is 3.08. The fourth-order valence-electron chi connectivity index (χ4n) is 3.19. The van der Waals surface area contributed by atoms with Gasteiger partial charge in [0.1, 0.15) is 17.6 Å². The number of benzene rings is 1. The molecule has 0 bridgehead atoms. The van der Waals surface area contributed by atoms with Crippen LogP contribution in [0.5, 0.6) is 17.2 Å². The van der Waals surface area contributed by atoms with E-state index >= 15 is 0 Å². The van der Waals surface area contributed by atoms with Crippen molar-refractivity contribution in [2.45, 2.75) is 25.9 Å². The number of amides is 2. The summed E-state index contributed by atoms with van der Waals surface area (Å²) in [6.45, 7) is 2.79. The summed E-state index contributed by atoms with van der Waals surface area (Å²) in [5, 5.41) is 2.87. The SMILES string of the molecule is COc1cccc(NC(=O)N2CCC(Oc3cc(C)oc(=O)c3)CC2)c1OC. The molecule has 0 atom stereocenters. The molecule has 2 aromatic rings. The van der Waals surface area contributed by atoms with Crippen LogP contribution in [0.25, 0.3) is 0 Å². The van der Waals surface area contributed by atoms with Gasteiger partial charge in [-0.05, 0) is 19.1 Å². The molecule has 1 aliphatic heterocycles. The number of rotatable bonds is 5. The number of para-hydroxylation sites is 1. The van der Waals surface area contributed by atoms with E-state index in [1.54, 1.807) is 43.2 Å². The van der Waals surface area contributed by atoms with Gasteiger partial charge in [-0.15, -0.1) is 0 Å². The van der Waals surface area contributed by atoms with Gasteiger partial charge in [0.05, 0.1) is 26.0 Å². The fourth-order valence-corrected chi connectivity index (χ4v) is 3.19. The van der Waals surface area contributed by atoms with Crippen LogP contribution in [0.3, 0.4) is 0 Å². The van der Waals surface area contributed by atoms with Gasteiger partial charge < -0.3 is 28.8 Å². The predicted octanol–water partition coefficient (Wildman–Crippen LogP) is 3.04. The van der Waals surface area contributed by atoms with E-state index in [1.165, 1.54) is 13.2 Å². The van der Waals surface area contributed by atoms with Crippen molar-refractivity contribution in [2.24, 2.45) is 0 Å². The van der Waals surface area contributed by atoms with E-state index in [9.17, 15) is 9.59 Å². The van der Waals surface area contributed by atoms with E-state index in [2.05, 4.69) is 5.32 Å². The average Bonchev–Trinajstić information content (AvgIpc) is 2.67. The maximum absolute atomic E-state index is 12.6. The summed E-state index contributed by atoms with van der Waals surface area (Å²) in [4.78, 5) is 25.8. The van der Waals surface area contributed by atoms with Gasteiger partial charge >= 0.3 is 11.7 Å². The molecule has 2 amide bonds. The van der Waals surface area contributed by atoms with Crippen LogP contribution in [0, 0.1) is 6.92 Å². The Morgan fingerprint density at radius 3 is 2.57 bits per heavy atom. The van der Waals surface area contributed by atoms with Crippen molar-refractivity contribution in [3.05, 3.63) is 46.5 Å². The third kappa shape index (κ3) is 4.57. The van der Waals surface area contributed by atoms with Crippen LogP contribution in [-0.4, -0.2) is 44.3 Å². The van der Waals surface area contributed by atoms with Gasteiger partial charge in [-0.2, -0.15) is 0 Å². The molecule has 1 N–H and O–H groups in total. The van der Waals surface area contributed by atoms with Gasteiger partial charge in [0.25, 0.3) is 0 Å². The van der Waals surface area contributed by atoms with Gasteiger partial charge in [0.2, 0.25) is 0 Å². The normalized spacial score (nSPS) is 14.5. The van der Waals surface area contributed by atoms with E-state index in [4.69, 9.17) is 18.6 Å². The average molecular weight is 388 g/mol. The molecule has 28 heavy (non-hydrogen) atoms. The lowest BCUT2D eigenvalue weighted by atomic mass is 10.1. The largest absolute Gasteiger partial charge is 0.493 e. The number of aryl methyl sites for hydroxylation is 1. The van der Waals surface area contributed by atoms with Crippen LogP contribution >= 0.6 is 0 Å². The molecule has 8 heteroatoms. The van der Waals surface area contributed by atoms with E-state index in [0.29, 0.717) is 54.6 Å². The van der Waals surface area contributed by atoms with Crippen LogP contribution in [0.15, 0.2) is 39.5 Å². The molecule has 1 saturated heterocycles. The lowest BCUT2D eigenvalue weighted by Gasteiger charge is -2.32. The zero-order valence-corrected chi connectivity index (χ0v) is 16.2. The third-order valence-electron chi connectivity index (χ3n) is 4.54. The Balaban J connectivity index is 1.57. The minimum Gasteiger partial charge on any atom is -0.493 e. The van der Waals surface area contributed by atoms with Crippen molar-refractivity contribution in [3.8, 4) is 17.2 Å². The number of hydrogen-bond acceptors (Lipinski definition) is 6. The number of nitrogens with zero attached hydrogens (tertiary/aromatic N) is 1. The van der Waals surface area contributed by atoms with Crippen molar-refractivity contribution in [2.75, 3.05) is 32.6 Å². The summed E-state index contributed by atoms with van der Waals surface area (Å²) in [5.41, 5.74) is 0.121. The smallest absolute Gasteiger partial charge is 0.339 e. The van der Waals surface area contributed by atoms with Crippen molar-refractivity contribution >= 4 is 11.7 Å². The van der Waals surface area contributed by atoms with E-state index in [0.717, 1.165) is 0 Å². The molecule has 150 valence electrons. The molecule has 0 spiro atoms. The maximum Gasteiger partial charge on any atom is 0.339 e. The summed E-state index contributed by atoms with van der Waals surface area (Å²) in [6, 6.07) is 8.13. The third-order valence-corrected chi connectivity index (χ3v) is 4.54. The van der Waals surface area contributed by atoms with Crippen molar-refractivity contribution < 1.29 is 23.4 Å². The highest BCUT2D eigenvalue weighted by atomic mass is 16.5. The first kappa shape index (κ1) is 19.6. The standard InChI is InChI=1S/C20H24N2O6/c1-13-11-15(12-18(23)27-13)28-14-7-9-22(10-8-14)20(24)21-16-5-4-6-17(25-2)19(16)26-3/h4-6,11-12,14H,7-10H2,1-3H3,(H,21,24). The summed E-state index contributed by atoms with van der Waals surface area (Å²) in [5.74, 6) is 2.04. The number of urea groups is 1. The van der Waals surface area contributed by atoms with Gasteiger partial charge in [-0.3, -0.25) is 0 Å². The fraction of sp³-hybridized carbons (Fsp3) is 0.400. The highest BCUT2D eigenvalue weighted by molar-refractivity contribution is 5.91. The zero-order valence-electron chi connectivity index (χ0n) is 16.2. The number of ether oxygens (including phenoxy) is 3. The molecular formula is C20H24N2O6. The quantitative estimate of drug-likeness (QED) is 0.847.